The lowest BCUT2D eigenvalue weighted by Gasteiger charge is -2.31. The van der Waals surface area contributed by atoms with Crippen molar-refractivity contribution in [2.24, 2.45) is 5.92 Å². The predicted octanol–water partition coefficient (Wildman–Crippen LogP) is 4.21. The van der Waals surface area contributed by atoms with E-state index in [0.717, 1.165) is 31.2 Å². The molecule has 2 aromatic rings. The van der Waals surface area contributed by atoms with Gasteiger partial charge in [0.1, 0.15) is 5.75 Å². The van der Waals surface area contributed by atoms with Crippen LogP contribution in [0.3, 0.4) is 0 Å². The van der Waals surface area contributed by atoms with Gasteiger partial charge in [0.2, 0.25) is 15.9 Å². The second-order valence-corrected chi connectivity index (χ2v) is 10.1. The molecular weight excluding hydrogens is 438 g/mol. The molecule has 4 rings (SSSR count). The number of nitrogens with zero attached hydrogens (tertiary/aromatic N) is 1. The first-order valence-electron chi connectivity index (χ1n) is 10.8. The maximum Gasteiger partial charge on any atom is 0.387 e. The van der Waals surface area contributed by atoms with E-state index in [1.54, 1.807) is 18.2 Å². The van der Waals surface area contributed by atoms with Crippen LogP contribution in [0.4, 0.5) is 14.5 Å². The van der Waals surface area contributed by atoms with Gasteiger partial charge in [0, 0.05) is 30.8 Å². The fraction of sp³-hybridized carbons (Fsp3) is 0.435. The zero-order valence-corrected chi connectivity index (χ0v) is 18.4. The Morgan fingerprint density at radius 3 is 2.47 bits per heavy atom. The van der Waals surface area contributed by atoms with E-state index in [-0.39, 0.29) is 30.7 Å². The molecule has 2 aliphatic rings. The van der Waals surface area contributed by atoms with E-state index in [9.17, 15) is 22.0 Å². The lowest BCUT2D eigenvalue weighted by Crippen LogP contribution is -2.41. The van der Waals surface area contributed by atoms with Crippen LogP contribution in [0.25, 0.3) is 0 Å². The number of piperidine rings is 1. The summed E-state index contributed by atoms with van der Waals surface area (Å²) in [5.74, 6) is -0.654. The van der Waals surface area contributed by atoms with Gasteiger partial charge in [-0.3, -0.25) is 4.79 Å². The Morgan fingerprint density at radius 1 is 1.03 bits per heavy atom. The molecule has 1 aliphatic carbocycles. The monoisotopic (exact) mass is 464 g/mol. The van der Waals surface area contributed by atoms with E-state index in [2.05, 4.69) is 10.1 Å². The van der Waals surface area contributed by atoms with Crippen molar-refractivity contribution in [2.45, 2.75) is 50.0 Å². The van der Waals surface area contributed by atoms with Crippen molar-refractivity contribution in [1.29, 1.82) is 0 Å². The third kappa shape index (κ3) is 5.10. The number of hydrogen-bond donors (Lipinski definition) is 1. The Bertz CT molecular complexity index is 1080. The highest BCUT2D eigenvalue weighted by Crippen LogP contribution is 2.29. The molecule has 9 heteroatoms. The van der Waals surface area contributed by atoms with Crippen LogP contribution in [0.1, 0.15) is 36.8 Å². The number of sulfonamides is 1. The van der Waals surface area contributed by atoms with Gasteiger partial charge in [-0.15, -0.1) is 0 Å². The van der Waals surface area contributed by atoms with Gasteiger partial charge in [-0.1, -0.05) is 12.1 Å². The average molecular weight is 465 g/mol. The molecule has 0 bridgehead atoms. The smallest absolute Gasteiger partial charge is 0.387 e. The second-order valence-electron chi connectivity index (χ2n) is 8.21. The topological polar surface area (TPSA) is 75.7 Å². The highest BCUT2D eigenvalue weighted by Gasteiger charge is 2.32. The van der Waals surface area contributed by atoms with Gasteiger partial charge < -0.3 is 10.1 Å². The van der Waals surface area contributed by atoms with Gasteiger partial charge in [0.15, 0.2) is 0 Å². The van der Waals surface area contributed by atoms with Crippen molar-refractivity contribution in [3.8, 4) is 5.75 Å². The molecule has 1 aliphatic heterocycles. The Kier molecular flexibility index (Phi) is 6.76. The SMILES string of the molecule is O=C(Nc1cccc(OC(F)F)c1)C1CCN(S(=O)(=O)c2ccc3c(c2)CCCC3)CC1. The van der Waals surface area contributed by atoms with Crippen molar-refractivity contribution in [1.82, 2.24) is 4.31 Å². The molecule has 0 saturated carbocycles. The third-order valence-electron chi connectivity index (χ3n) is 6.11. The number of benzene rings is 2. The molecule has 0 unspecified atom stereocenters. The zero-order valence-electron chi connectivity index (χ0n) is 17.6. The molecule has 0 spiro atoms. The lowest BCUT2D eigenvalue weighted by atomic mass is 9.92. The summed E-state index contributed by atoms with van der Waals surface area (Å²) in [5.41, 5.74) is 2.70. The number of hydrogen-bond acceptors (Lipinski definition) is 4. The average Bonchev–Trinajstić information content (AvgIpc) is 2.78. The summed E-state index contributed by atoms with van der Waals surface area (Å²) in [6.07, 6.45) is 4.90. The van der Waals surface area contributed by atoms with Crippen molar-refractivity contribution >= 4 is 21.6 Å². The van der Waals surface area contributed by atoms with Crippen molar-refractivity contribution in [2.75, 3.05) is 18.4 Å². The molecular formula is C23H26F2N2O4S. The molecule has 1 fully saturated rings. The first kappa shape index (κ1) is 22.7. The van der Waals surface area contributed by atoms with Crippen LogP contribution in [0.15, 0.2) is 47.4 Å². The van der Waals surface area contributed by atoms with E-state index in [0.29, 0.717) is 23.4 Å². The van der Waals surface area contributed by atoms with Crippen LogP contribution >= 0.6 is 0 Å². The van der Waals surface area contributed by atoms with Gasteiger partial charge >= 0.3 is 6.61 Å². The first-order valence-corrected chi connectivity index (χ1v) is 12.2. The summed E-state index contributed by atoms with van der Waals surface area (Å²) in [4.78, 5) is 12.9. The molecule has 1 N–H and O–H groups in total. The minimum absolute atomic E-state index is 0.0382. The zero-order chi connectivity index (χ0) is 22.7. The Labute approximate surface area is 186 Å². The van der Waals surface area contributed by atoms with E-state index in [1.807, 2.05) is 6.07 Å². The number of fused-ring (bicyclic) bond motifs is 1. The number of halogens is 2. The number of rotatable bonds is 6. The molecule has 2 aromatic carbocycles. The molecule has 0 atom stereocenters. The molecule has 6 nitrogen and oxygen atoms in total. The molecule has 0 radical (unpaired) electrons. The minimum atomic E-state index is -3.61. The van der Waals surface area contributed by atoms with Crippen molar-refractivity contribution in [3.05, 3.63) is 53.6 Å². The number of amides is 1. The molecule has 32 heavy (non-hydrogen) atoms. The summed E-state index contributed by atoms with van der Waals surface area (Å²) >= 11 is 0. The van der Waals surface area contributed by atoms with Crippen LogP contribution in [-0.4, -0.2) is 38.3 Å². The molecule has 1 heterocycles. The summed E-state index contributed by atoms with van der Waals surface area (Å²) in [5, 5.41) is 2.71. The minimum Gasteiger partial charge on any atom is -0.435 e. The second kappa shape index (κ2) is 9.54. The molecule has 1 amide bonds. The normalized spacial score (nSPS) is 17.7. The highest BCUT2D eigenvalue weighted by atomic mass is 32.2. The van der Waals surface area contributed by atoms with Crippen molar-refractivity contribution < 1.29 is 26.7 Å². The molecule has 1 saturated heterocycles. The number of alkyl halides is 2. The third-order valence-corrected chi connectivity index (χ3v) is 8.00. The van der Waals surface area contributed by atoms with E-state index < -0.39 is 16.6 Å². The van der Waals surface area contributed by atoms with Crippen LogP contribution in [-0.2, 0) is 27.7 Å². The highest BCUT2D eigenvalue weighted by molar-refractivity contribution is 7.89. The first-order chi connectivity index (χ1) is 15.3. The van der Waals surface area contributed by atoms with Gasteiger partial charge in [0.05, 0.1) is 4.90 Å². The maximum absolute atomic E-state index is 13.1. The number of ether oxygens (including phenoxy) is 1. The number of anilines is 1. The summed E-state index contributed by atoms with van der Waals surface area (Å²) < 4.78 is 56.8. The predicted molar refractivity (Wildman–Crippen MR) is 116 cm³/mol. The van der Waals surface area contributed by atoms with Crippen LogP contribution in [0, 0.1) is 5.92 Å². The Hall–Kier alpha value is -2.52. The largest absolute Gasteiger partial charge is 0.435 e. The van der Waals surface area contributed by atoms with Gasteiger partial charge in [-0.05, 0) is 73.9 Å². The van der Waals surface area contributed by atoms with Gasteiger partial charge in [-0.25, -0.2) is 8.42 Å². The number of aryl methyl sites for hydroxylation is 2. The summed E-state index contributed by atoms with van der Waals surface area (Å²) in [6.45, 7) is -2.43. The summed E-state index contributed by atoms with van der Waals surface area (Å²) in [6, 6.07) is 11.2. The Morgan fingerprint density at radius 2 is 1.75 bits per heavy atom. The van der Waals surface area contributed by atoms with Gasteiger partial charge in [0.25, 0.3) is 0 Å². The van der Waals surface area contributed by atoms with E-state index >= 15 is 0 Å². The summed E-state index contributed by atoms with van der Waals surface area (Å²) in [7, 11) is -3.61. The van der Waals surface area contributed by atoms with E-state index in [1.165, 1.54) is 28.1 Å². The maximum atomic E-state index is 13.1. The quantitative estimate of drug-likeness (QED) is 0.695. The van der Waals surface area contributed by atoms with Gasteiger partial charge in [-0.2, -0.15) is 13.1 Å². The van der Waals surface area contributed by atoms with Crippen LogP contribution < -0.4 is 10.1 Å². The fourth-order valence-electron chi connectivity index (χ4n) is 4.37. The van der Waals surface area contributed by atoms with Crippen molar-refractivity contribution in [3.63, 3.8) is 0 Å². The number of nitrogens with one attached hydrogen (secondary N) is 1. The molecule has 172 valence electrons. The van der Waals surface area contributed by atoms with Crippen LogP contribution in [0.2, 0.25) is 0 Å². The lowest BCUT2D eigenvalue weighted by molar-refractivity contribution is -0.120. The fourth-order valence-corrected chi connectivity index (χ4v) is 5.89. The van der Waals surface area contributed by atoms with E-state index in [4.69, 9.17) is 0 Å². The van der Waals surface area contributed by atoms with Crippen LogP contribution in [0.5, 0.6) is 5.75 Å². The number of carbonyl (C=O) groups excluding carboxylic acids is 1. The standard InChI is InChI=1S/C23H26F2N2O4S/c24-23(25)31-20-7-3-6-19(15-20)26-22(28)17-10-12-27(13-11-17)32(29,30)21-9-8-16-4-1-2-5-18(16)14-21/h3,6-9,14-15,17,23H,1-2,4-5,10-13H2,(H,26,28). The molecule has 0 aromatic heterocycles. The Balaban J connectivity index is 1.37. The number of carbonyl (C=O) groups is 1.